The van der Waals surface area contributed by atoms with Crippen molar-refractivity contribution >= 4 is 47.1 Å². The molecule has 15 heavy (non-hydrogen) atoms. The summed E-state index contributed by atoms with van der Waals surface area (Å²) in [6.45, 7) is 6.99. The maximum atomic E-state index is 2.70. The number of rotatable bonds is 0. The number of hydrogen-bond acceptors (Lipinski definition) is 1. The summed E-state index contributed by atoms with van der Waals surface area (Å²) in [6.07, 6.45) is 1.27. The Labute approximate surface area is 101 Å². The summed E-state index contributed by atoms with van der Waals surface area (Å²) in [5.41, 5.74) is 0.237. The molecule has 0 radical (unpaired) electrons. The monoisotopic (exact) mass is 199 g/mol. The van der Waals surface area contributed by atoms with Gasteiger partial charge in [0.05, 0.1) is 15.7 Å². The molecule has 1 heterocycles. The molecule has 0 saturated carbocycles. The van der Waals surface area contributed by atoms with Gasteiger partial charge >= 0.3 is 0 Å². The standard InChI is InChI=1S/C8H23B6N/c1-5(2,3)15-7(11,12)4-6(9,10)8(15,13)14/h4,9-14H2,1-3H3. The second kappa shape index (κ2) is 3.18. The third-order valence-electron chi connectivity index (χ3n) is 4.37. The third-order valence-corrected chi connectivity index (χ3v) is 4.37. The van der Waals surface area contributed by atoms with Crippen molar-refractivity contribution in [3.63, 3.8) is 0 Å². The van der Waals surface area contributed by atoms with Gasteiger partial charge in [0.15, 0.2) is 0 Å². The van der Waals surface area contributed by atoms with E-state index < -0.39 is 0 Å². The van der Waals surface area contributed by atoms with Gasteiger partial charge in [0, 0.05) is 5.54 Å². The van der Waals surface area contributed by atoms with Crippen molar-refractivity contribution in [3.8, 4) is 0 Å². The summed E-state index contributed by atoms with van der Waals surface area (Å²) in [5, 5.41) is 0.934. The molecule has 1 rings (SSSR count). The molecule has 1 nitrogen and oxygen atoms in total. The second-order valence-electron chi connectivity index (χ2n) is 7.94. The van der Waals surface area contributed by atoms with Gasteiger partial charge in [0.25, 0.3) is 0 Å². The van der Waals surface area contributed by atoms with Gasteiger partial charge in [-0.25, -0.2) is 0 Å². The quantitative estimate of drug-likeness (QED) is 0.356. The molecule has 0 aromatic carbocycles. The normalized spacial score (nSPS) is 29.0. The highest BCUT2D eigenvalue weighted by molar-refractivity contribution is 6.57. The van der Waals surface area contributed by atoms with Crippen LogP contribution in [0.25, 0.3) is 0 Å². The van der Waals surface area contributed by atoms with Gasteiger partial charge < -0.3 is 4.90 Å². The summed E-state index contributed by atoms with van der Waals surface area (Å²) in [6, 6.07) is 0. The van der Waals surface area contributed by atoms with Gasteiger partial charge in [-0.3, -0.25) is 0 Å². The van der Waals surface area contributed by atoms with E-state index in [0.29, 0.717) is 10.6 Å². The maximum Gasteiger partial charge on any atom is 0.117 e. The Morgan fingerprint density at radius 3 is 1.47 bits per heavy atom. The average Bonchev–Trinajstić information content (AvgIpc) is 1.87. The SMILES string of the molecule is BC1(B)CC(B)(B)C(B)(B)N1C(C)(C)C. The zero-order valence-electron chi connectivity index (χ0n) is 12.2. The molecule has 1 saturated heterocycles. The number of hydrogen-bond donors (Lipinski definition) is 0. The Balaban J connectivity index is 3.25. The molecule has 0 amide bonds. The van der Waals surface area contributed by atoms with Crippen LogP contribution in [0.2, 0.25) is 5.21 Å². The van der Waals surface area contributed by atoms with Gasteiger partial charge in [-0.05, 0) is 31.4 Å². The fourth-order valence-corrected chi connectivity index (χ4v) is 4.18. The molecule has 0 unspecified atom stereocenters. The Morgan fingerprint density at radius 1 is 0.933 bits per heavy atom. The van der Waals surface area contributed by atoms with Crippen LogP contribution >= 0.6 is 0 Å². The van der Waals surface area contributed by atoms with E-state index >= 15 is 0 Å². The zero-order valence-corrected chi connectivity index (χ0v) is 12.2. The van der Waals surface area contributed by atoms with Crippen LogP contribution < -0.4 is 0 Å². The van der Waals surface area contributed by atoms with Crippen LogP contribution in [0.3, 0.4) is 0 Å². The Kier molecular flexibility index (Phi) is 2.85. The van der Waals surface area contributed by atoms with E-state index in [9.17, 15) is 0 Å². The fraction of sp³-hybridized carbons (Fsp3) is 1.00. The maximum absolute atomic E-state index is 2.70. The van der Waals surface area contributed by atoms with Crippen molar-refractivity contribution in [2.75, 3.05) is 0 Å². The molecule has 0 atom stereocenters. The minimum Gasteiger partial charge on any atom is -0.319 e. The van der Waals surface area contributed by atoms with E-state index in [1.165, 1.54) is 6.42 Å². The Bertz CT molecular complexity index is 267. The molecule has 0 aromatic rings. The minimum atomic E-state index is 0.237. The first-order chi connectivity index (χ1) is 6.32. The summed E-state index contributed by atoms with van der Waals surface area (Å²) < 4.78 is 0. The van der Waals surface area contributed by atoms with Gasteiger partial charge in [0.2, 0.25) is 0 Å². The lowest BCUT2D eigenvalue weighted by atomic mass is 9.33. The Morgan fingerprint density at radius 2 is 1.33 bits per heavy atom. The van der Waals surface area contributed by atoms with Gasteiger partial charge in [-0.1, -0.05) is 11.6 Å². The molecule has 0 aliphatic carbocycles. The topological polar surface area (TPSA) is 3.24 Å². The third kappa shape index (κ3) is 1.97. The summed E-state index contributed by atoms with van der Waals surface area (Å²) >= 11 is 0. The molecule has 78 valence electrons. The van der Waals surface area contributed by atoms with Crippen LogP contribution in [0.4, 0.5) is 0 Å². The van der Waals surface area contributed by atoms with Crippen LogP contribution in [0.5, 0.6) is 0 Å². The van der Waals surface area contributed by atoms with Crippen molar-refractivity contribution in [2.24, 2.45) is 0 Å². The van der Waals surface area contributed by atoms with E-state index in [1.54, 1.807) is 0 Å². The van der Waals surface area contributed by atoms with Crippen LogP contribution in [-0.2, 0) is 0 Å². The summed E-state index contributed by atoms with van der Waals surface area (Å²) in [7, 11) is 14.4. The van der Waals surface area contributed by atoms with Gasteiger partial charge in [-0.15, -0.1) is 0 Å². The first kappa shape index (κ1) is 13.4. The number of nitrogens with zero attached hydrogens (tertiary/aromatic N) is 1. The lowest BCUT2D eigenvalue weighted by molar-refractivity contribution is 0.103. The highest BCUT2D eigenvalue weighted by atomic mass is 15.3. The van der Waals surface area contributed by atoms with Crippen molar-refractivity contribution in [3.05, 3.63) is 0 Å². The van der Waals surface area contributed by atoms with Crippen LogP contribution in [0, 0.1) is 0 Å². The first-order valence-electron chi connectivity index (χ1n) is 6.13. The van der Waals surface area contributed by atoms with Crippen molar-refractivity contribution in [1.29, 1.82) is 0 Å². The minimum absolute atomic E-state index is 0.237. The molecular weight excluding hydrogens is 175 g/mol. The van der Waals surface area contributed by atoms with Crippen LogP contribution in [0.1, 0.15) is 27.2 Å². The van der Waals surface area contributed by atoms with Crippen molar-refractivity contribution in [1.82, 2.24) is 4.90 Å². The van der Waals surface area contributed by atoms with E-state index in [2.05, 4.69) is 72.7 Å². The summed E-state index contributed by atoms with van der Waals surface area (Å²) in [5.74, 6) is 0. The van der Waals surface area contributed by atoms with E-state index in [4.69, 9.17) is 0 Å². The molecule has 1 aliphatic heterocycles. The van der Waals surface area contributed by atoms with Gasteiger partial charge in [-0.2, -0.15) is 0 Å². The lowest BCUT2D eigenvalue weighted by Gasteiger charge is -2.53. The molecular formula is C8H23B6N. The lowest BCUT2D eigenvalue weighted by Crippen LogP contribution is -2.65. The van der Waals surface area contributed by atoms with Crippen LogP contribution in [-0.4, -0.2) is 68.2 Å². The zero-order chi connectivity index (χ0) is 12.3. The van der Waals surface area contributed by atoms with Gasteiger partial charge in [0.1, 0.15) is 31.4 Å². The average molecular weight is 198 g/mol. The Hall–Kier alpha value is 0.350. The molecule has 0 spiro atoms. The molecule has 1 fully saturated rings. The molecule has 0 N–H and O–H groups in total. The number of likely N-dealkylation sites (tertiary alicyclic amines) is 1. The molecule has 1 aliphatic rings. The largest absolute Gasteiger partial charge is 0.319 e. The highest BCUT2D eigenvalue weighted by Gasteiger charge is 2.57. The first-order valence-corrected chi connectivity index (χ1v) is 6.13. The smallest absolute Gasteiger partial charge is 0.117 e. The van der Waals surface area contributed by atoms with Crippen LogP contribution in [0.15, 0.2) is 0 Å². The van der Waals surface area contributed by atoms with E-state index in [-0.39, 0.29) is 10.9 Å². The van der Waals surface area contributed by atoms with Crippen molar-refractivity contribution < 1.29 is 0 Å². The summed E-state index contributed by atoms with van der Waals surface area (Å²) in [4.78, 5) is 2.70. The highest BCUT2D eigenvalue weighted by Crippen LogP contribution is 2.52. The van der Waals surface area contributed by atoms with E-state index in [1.807, 2.05) is 0 Å². The molecule has 0 aromatic heterocycles. The van der Waals surface area contributed by atoms with E-state index in [0.717, 1.165) is 0 Å². The predicted molar refractivity (Wildman–Crippen MR) is 85.6 cm³/mol. The molecule has 0 bridgehead atoms. The predicted octanol–water partition coefficient (Wildman–Crippen LogP) is -4.29. The van der Waals surface area contributed by atoms with Crippen molar-refractivity contribution in [2.45, 2.75) is 48.6 Å². The molecule has 7 heteroatoms. The second-order valence-corrected chi connectivity index (χ2v) is 7.94. The fourth-order valence-electron chi connectivity index (χ4n) is 4.18.